The van der Waals surface area contributed by atoms with Crippen LogP contribution < -0.4 is 9.47 Å². The zero-order valence-corrected chi connectivity index (χ0v) is 21.7. The summed E-state index contributed by atoms with van der Waals surface area (Å²) in [6.45, 7) is 20.8. The summed E-state index contributed by atoms with van der Waals surface area (Å²) < 4.78 is 11.0. The molecular formula is C24H38O2Si2. The molecule has 0 atom stereocenters. The molecule has 0 saturated carbocycles. The molecule has 0 N–H and O–H groups in total. The molecule has 0 heterocycles. The molecule has 0 aliphatic carbocycles. The first-order valence-electron chi connectivity index (χ1n) is 10.2. The van der Waals surface area contributed by atoms with E-state index in [0.717, 1.165) is 11.1 Å². The lowest BCUT2D eigenvalue weighted by Gasteiger charge is -2.38. The number of hydrogen-bond donors (Lipinski definition) is 0. The second-order valence-electron chi connectivity index (χ2n) is 9.40. The van der Waals surface area contributed by atoms with Crippen LogP contribution in [0.2, 0.25) is 36.3 Å². The fourth-order valence-corrected chi connectivity index (χ4v) is 9.68. The maximum Gasteiger partial charge on any atom is 0.162 e. The van der Waals surface area contributed by atoms with Crippen molar-refractivity contribution in [3.63, 3.8) is 0 Å². The molecule has 0 unspecified atom stereocenters. The first-order chi connectivity index (χ1) is 12.9. The van der Waals surface area contributed by atoms with Gasteiger partial charge in [-0.2, -0.15) is 0 Å². The van der Waals surface area contributed by atoms with Gasteiger partial charge < -0.3 is 9.47 Å². The van der Waals surface area contributed by atoms with Crippen molar-refractivity contribution in [3.8, 4) is 34.4 Å². The van der Waals surface area contributed by atoms with Gasteiger partial charge in [-0.25, -0.2) is 0 Å². The Labute approximate surface area is 175 Å². The normalized spacial score (nSPS) is 11.8. The Kier molecular flexibility index (Phi) is 8.48. The van der Waals surface area contributed by atoms with E-state index in [1.54, 1.807) is 14.2 Å². The molecule has 0 aliphatic heterocycles. The van der Waals surface area contributed by atoms with Crippen molar-refractivity contribution in [2.45, 2.75) is 77.8 Å². The second kappa shape index (κ2) is 9.72. The van der Waals surface area contributed by atoms with E-state index in [-0.39, 0.29) is 0 Å². The lowest BCUT2D eigenvalue weighted by Crippen LogP contribution is -2.43. The van der Waals surface area contributed by atoms with Gasteiger partial charge in [0.1, 0.15) is 16.1 Å². The fraction of sp³-hybridized carbons (Fsp3) is 0.583. The van der Waals surface area contributed by atoms with Gasteiger partial charge in [0.25, 0.3) is 0 Å². The van der Waals surface area contributed by atoms with E-state index in [2.05, 4.69) is 84.1 Å². The van der Waals surface area contributed by atoms with Gasteiger partial charge in [-0.15, -0.1) is 11.1 Å². The van der Waals surface area contributed by atoms with Crippen molar-refractivity contribution >= 4 is 16.1 Å². The van der Waals surface area contributed by atoms with Gasteiger partial charge in [-0.3, -0.25) is 0 Å². The Morgan fingerprint density at radius 2 is 1.04 bits per heavy atom. The van der Waals surface area contributed by atoms with E-state index in [1.807, 2.05) is 12.1 Å². The van der Waals surface area contributed by atoms with Crippen LogP contribution >= 0.6 is 0 Å². The molecule has 2 nitrogen and oxygen atoms in total. The van der Waals surface area contributed by atoms with Crippen LogP contribution in [0.15, 0.2) is 12.1 Å². The lowest BCUT2D eigenvalue weighted by atomic mass is 10.1. The summed E-state index contributed by atoms with van der Waals surface area (Å²) in [5.74, 6) is 8.35. The molecule has 0 amide bonds. The van der Waals surface area contributed by atoms with Crippen LogP contribution in [0.5, 0.6) is 11.5 Å². The van der Waals surface area contributed by atoms with Gasteiger partial charge in [0, 0.05) is 23.3 Å². The Morgan fingerprint density at radius 3 is 1.32 bits per heavy atom. The predicted octanol–water partition coefficient (Wildman–Crippen LogP) is 6.50. The SMILES string of the molecule is COc1cc(C#C[Si](C)(C)C)c(C#C[Si](C(C)C)(C(C)C)C(C)C)cc1OC. The van der Waals surface area contributed by atoms with Gasteiger partial charge in [-0.1, -0.05) is 73.0 Å². The molecule has 154 valence electrons. The fourth-order valence-electron chi connectivity index (χ4n) is 3.95. The molecular weight excluding hydrogens is 376 g/mol. The van der Waals surface area contributed by atoms with Crippen molar-refractivity contribution in [2.24, 2.45) is 0 Å². The monoisotopic (exact) mass is 414 g/mol. The molecule has 0 radical (unpaired) electrons. The molecule has 1 aromatic rings. The molecule has 4 heteroatoms. The molecule has 0 aromatic heterocycles. The summed E-state index contributed by atoms with van der Waals surface area (Å²) in [6.07, 6.45) is 0. The van der Waals surface area contributed by atoms with Crippen molar-refractivity contribution in [1.82, 2.24) is 0 Å². The van der Waals surface area contributed by atoms with Gasteiger partial charge in [-0.05, 0) is 16.6 Å². The van der Waals surface area contributed by atoms with E-state index in [0.29, 0.717) is 28.1 Å². The first-order valence-corrected chi connectivity index (χ1v) is 15.9. The van der Waals surface area contributed by atoms with Gasteiger partial charge >= 0.3 is 0 Å². The maximum atomic E-state index is 5.53. The Morgan fingerprint density at radius 1 is 0.679 bits per heavy atom. The lowest BCUT2D eigenvalue weighted by molar-refractivity contribution is 0.355. The van der Waals surface area contributed by atoms with Crippen LogP contribution in [-0.4, -0.2) is 30.4 Å². The minimum absolute atomic E-state index is 0.594. The number of rotatable bonds is 5. The number of methoxy groups -OCH3 is 2. The Hall–Kier alpha value is -1.63. The van der Waals surface area contributed by atoms with E-state index in [4.69, 9.17) is 9.47 Å². The summed E-state index contributed by atoms with van der Waals surface area (Å²) in [6, 6.07) is 3.96. The number of hydrogen-bond acceptors (Lipinski definition) is 2. The molecule has 1 rings (SSSR count). The highest BCUT2D eigenvalue weighted by molar-refractivity contribution is 6.90. The largest absolute Gasteiger partial charge is 0.493 e. The molecule has 0 aliphatic rings. The molecule has 0 bridgehead atoms. The average molecular weight is 415 g/mol. The minimum Gasteiger partial charge on any atom is -0.493 e. The first kappa shape index (κ1) is 24.4. The topological polar surface area (TPSA) is 18.5 Å². The zero-order chi connectivity index (χ0) is 21.7. The number of benzene rings is 1. The van der Waals surface area contributed by atoms with Gasteiger partial charge in [0.15, 0.2) is 11.5 Å². The third-order valence-corrected chi connectivity index (χ3v) is 12.5. The van der Waals surface area contributed by atoms with Gasteiger partial charge in [0.2, 0.25) is 0 Å². The van der Waals surface area contributed by atoms with Crippen LogP contribution in [0.25, 0.3) is 0 Å². The Balaban J connectivity index is 3.71. The zero-order valence-electron chi connectivity index (χ0n) is 19.7. The molecule has 1 aromatic carbocycles. The van der Waals surface area contributed by atoms with Crippen LogP contribution in [0.1, 0.15) is 52.7 Å². The molecule has 0 fully saturated rings. The summed E-state index contributed by atoms with van der Waals surface area (Å²) in [7, 11) is 0.0111. The summed E-state index contributed by atoms with van der Waals surface area (Å²) in [4.78, 5) is 0. The van der Waals surface area contributed by atoms with E-state index in [9.17, 15) is 0 Å². The summed E-state index contributed by atoms with van der Waals surface area (Å²) in [5, 5.41) is 0. The third-order valence-electron chi connectivity index (χ3n) is 5.38. The molecule has 28 heavy (non-hydrogen) atoms. The third kappa shape index (κ3) is 5.69. The second-order valence-corrected chi connectivity index (χ2v) is 19.7. The van der Waals surface area contributed by atoms with Crippen LogP contribution in [0.4, 0.5) is 0 Å². The van der Waals surface area contributed by atoms with E-state index in [1.165, 1.54) is 0 Å². The highest BCUT2D eigenvalue weighted by Gasteiger charge is 2.41. The van der Waals surface area contributed by atoms with Crippen molar-refractivity contribution < 1.29 is 9.47 Å². The van der Waals surface area contributed by atoms with Gasteiger partial charge in [0.05, 0.1) is 14.2 Å². The average Bonchev–Trinajstić information content (AvgIpc) is 2.58. The highest BCUT2D eigenvalue weighted by atomic mass is 28.3. The highest BCUT2D eigenvalue weighted by Crippen LogP contribution is 2.41. The van der Waals surface area contributed by atoms with Crippen LogP contribution in [0, 0.1) is 22.9 Å². The molecule has 0 spiro atoms. The minimum atomic E-state index is -1.82. The predicted molar refractivity (Wildman–Crippen MR) is 128 cm³/mol. The summed E-state index contributed by atoms with van der Waals surface area (Å²) >= 11 is 0. The van der Waals surface area contributed by atoms with Crippen molar-refractivity contribution in [1.29, 1.82) is 0 Å². The van der Waals surface area contributed by atoms with E-state index < -0.39 is 16.1 Å². The van der Waals surface area contributed by atoms with Crippen molar-refractivity contribution in [2.75, 3.05) is 14.2 Å². The quantitative estimate of drug-likeness (QED) is 0.404. The summed E-state index contributed by atoms with van der Waals surface area (Å²) in [5.41, 5.74) is 10.9. The maximum absolute atomic E-state index is 5.53. The van der Waals surface area contributed by atoms with Crippen LogP contribution in [-0.2, 0) is 0 Å². The van der Waals surface area contributed by atoms with E-state index >= 15 is 0 Å². The number of ether oxygens (including phenoxy) is 2. The smallest absolute Gasteiger partial charge is 0.162 e. The Bertz CT molecular complexity index is 772. The standard InChI is InChI=1S/C24H38O2Si2/c1-18(2)28(19(3)4,20(5)6)15-13-22-17-24(26-8)23(25-7)16-21(22)12-14-27(9,10)11/h16-20H,1-11H3. The van der Waals surface area contributed by atoms with Crippen molar-refractivity contribution in [3.05, 3.63) is 23.3 Å². The molecule has 0 saturated heterocycles. The van der Waals surface area contributed by atoms with Crippen LogP contribution in [0.3, 0.4) is 0 Å².